The van der Waals surface area contributed by atoms with Crippen molar-refractivity contribution in [2.45, 2.75) is 127 Å². The topological polar surface area (TPSA) is 232 Å². The van der Waals surface area contributed by atoms with E-state index in [0.717, 1.165) is 54.2 Å². The summed E-state index contributed by atoms with van der Waals surface area (Å²) < 4.78 is 1.93. The van der Waals surface area contributed by atoms with E-state index in [4.69, 9.17) is 27.3 Å². The molecule has 19 nitrogen and oxygen atoms in total. The fourth-order valence-electron chi connectivity index (χ4n) is 10.8. The number of nitrogens with one attached hydrogen (secondary N) is 2. The average Bonchev–Trinajstić information content (AvgIpc) is 4.06. The summed E-state index contributed by atoms with van der Waals surface area (Å²) in [5.74, 6) is 0.300. The summed E-state index contributed by atoms with van der Waals surface area (Å²) in [6.07, 6.45) is 8.27. The molecule has 4 aromatic rings. The van der Waals surface area contributed by atoms with E-state index in [2.05, 4.69) is 42.3 Å². The molecule has 7 heterocycles. The van der Waals surface area contributed by atoms with E-state index in [1.54, 1.807) is 18.6 Å². The van der Waals surface area contributed by atoms with Gasteiger partial charge in [0.25, 0.3) is 0 Å². The second-order valence-electron chi connectivity index (χ2n) is 22.0. The first-order chi connectivity index (χ1) is 35.9. The number of rotatable bonds is 17. The third-order valence-electron chi connectivity index (χ3n) is 15.6. The van der Waals surface area contributed by atoms with Crippen molar-refractivity contribution in [3.63, 3.8) is 0 Å². The third kappa shape index (κ3) is 13.2. The number of likely N-dealkylation sites (tertiary alicyclic amines) is 1. The number of carbonyl (C=O) groups is 4. The molecule has 1 aromatic carbocycles. The summed E-state index contributed by atoms with van der Waals surface area (Å²) in [7, 11) is 0. The van der Waals surface area contributed by atoms with Crippen LogP contribution in [-0.4, -0.2) is 163 Å². The number of pyridine rings is 1. The molecule has 4 atom stereocenters. The molecule has 8 rings (SSSR count). The lowest BCUT2D eigenvalue weighted by molar-refractivity contribution is -0.144. The average molecular weight is 1070 g/mol. The predicted octanol–water partition coefficient (Wildman–Crippen LogP) is 4.74. The first-order valence-electron chi connectivity index (χ1n) is 26.6. The molecule has 0 bridgehead atoms. The van der Waals surface area contributed by atoms with Gasteiger partial charge < -0.3 is 46.2 Å². The molecule has 6 N–H and O–H groups in total. The van der Waals surface area contributed by atoms with Gasteiger partial charge in [-0.3, -0.25) is 28.8 Å². The number of β-amino-alcohol motifs (C(OH)–C–C–N with tert-alkyl or cyclic N) is 1. The van der Waals surface area contributed by atoms with Crippen LogP contribution in [0.4, 0.5) is 11.6 Å². The van der Waals surface area contributed by atoms with Crippen LogP contribution in [0, 0.1) is 16.7 Å². The lowest BCUT2D eigenvalue weighted by Crippen LogP contribution is -2.57. The van der Waals surface area contributed by atoms with Gasteiger partial charge >= 0.3 is 0 Å². The zero-order valence-electron chi connectivity index (χ0n) is 44.4. The molecule has 0 saturated carbocycles. The summed E-state index contributed by atoms with van der Waals surface area (Å²) >= 11 is 8.43. The Hall–Kier alpha value is -5.38. The Bertz CT molecular complexity index is 2630. The van der Waals surface area contributed by atoms with Gasteiger partial charge in [-0.1, -0.05) is 75.3 Å². The third-order valence-corrected chi connectivity index (χ3v) is 17.0. The number of aromatic nitrogens is 5. The molecule has 4 amide bonds. The summed E-state index contributed by atoms with van der Waals surface area (Å²) in [6.45, 7) is 18.4. The molecule has 0 spiro atoms. The monoisotopic (exact) mass is 1070 g/mol. The normalized spacial score (nSPS) is 20.5. The lowest BCUT2D eigenvalue weighted by atomic mass is 9.80. The summed E-state index contributed by atoms with van der Waals surface area (Å²) in [5, 5.41) is 32.7. The molecule has 75 heavy (non-hydrogen) atoms. The Morgan fingerprint density at radius 3 is 2.25 bits per heavy atom. The number of piperazine rings is 1. The van der Waals surface area contributed by atoms with Gasteiger partial charge in [0, 0.05) is 109 Å². The number of hydrogen-bond acceptors (Lipinski definition) is 15. The van der Waals surface area contributed by atoms with E-state index in [0.29, 0.717) is 99.0 Å². The first-order valence-corrected chi connectivity index (χ1v) is 27.8. The molecule has 0 unspecified atom stereocenters. The molecule has 0 radical (unpaired) electrons. The summed E-state index contributed by atoms with van der Waals surface area (Å²) in [5.41, 5.74) is 8.92. The minimum absolute atomic E-state index is 0.00927. The highest BCUT2D eigenvalue weighted by molar-refractivity contribution is 7.99. The van der Waals surface area contributed by atoms with E-state index in [-0.39, 0.29) is 48.6 Å². The highest BCUT2D eigenvalue weighted by Gasteiger charge is 2.45. The molecular formula is C54H76ClN13O6S. The number of aliphatic hydroxyl groups is 2. The number of aryl methyl sites for hydroxylation is 1. The van der Waals surface area contributed by atoms with Gasteiger partial charge in [-0.15, -0.1) is 0 Å². The van der Waals surface area contributed by atoms with Crippen molar-refractivity contribution in [3.8, 4) is 11.3 Å². The number of carbonyl (C=O) groups excluding carboxylic acids is 4. The van der Waals surface area contributed by atoms with Gasteiger partial charge in [0.2, 0.25) is 23.6 Å². The molecule has 0 aliphatic carbocycles. The number of halogens is 1. The predicted molar refractivity (Wildman–Crippen MR) is 290 cm³/mol. The summed E-state index contributed by atoms with van der Waals surface area (Å²) in [4.78, 5) is 79.6. The van der Waals surface area contributed by atoms with Crippen molar-refractivity contribution in [3.05, 3.63) is 71.3 Å². The van der Waals surface area contributed by atoms with E-state index >= 15 is 0 Å². The standard InChI is InChI=1S/C54H76ClN13O6S/c1-7-68-42(12-20-59-68)37-10-8-36(9-11-37)40(62-50(72)43-30-39(71)32-67(43)52(74)47(53(3,4)5)60-35(2)70)16-21-63-26-28-66(29-27-63)51(73)38-14-22-64(23-15-38)49-46(55)44(13-19-57-49)75-45-31-58-48(41(33-69)61-45)65-24-17-54(6,34-56)18-25-65/h8-13,19-20,31,38-40,43,47,69,71H,7,14-18,21-30,32-34,56H2,1-6H3,(H,60,70)(H,62,72)/t39-,40+,43+,47-/m1/s1. The first kappa shape index (κ1) is 55.8. The SMILES string of the molecule is CCn1nccc1-c1ccc([C@H](CCN2CCN(C(=O)C3CCN(c4nccc(Sc5cnc(N6CCC(C)(CN)CC6)c(CO)n5)c4Cl)CC3)CC2)NC(=O)[C@@H]2C[C@@H](O)CN2C(=O)[C@@H](NC(C)=O)C(C)(C)C)cc1. The number of aliphatic hydroxyl groups excluding tert-OH is 2. The van der Waals surface area contributed by atoms with E-state index in [9.17, 15) is 29.4 Å². The molecule has 406 valence electrons. The Morgan fingerprint density at radius 1 is 0.920 bits per heavy atom. The van der Waals surface area contributed by atoms with E-state index < -0.39 is 35.6 Å². The molecular weight excluding hydrogens is 994 g/mol. The number of benzene rings is 1. The van der Waals surface area contributed by atoms with Crippen LogP contribution in [0.1, 0.15) is 97.4 Å². The maximum absolute atomic E-state index is 14.3. The van der Waals surface area contributed by atoms with Crippen LogP contribution >= 0.6 is 23.4 Å². The van der Waals surface area contributed by atoms with E-state index in [1.807, 2.05) is 73.7 Å². The fraction of sp³-hybridized carbons (Fsp3) is 0.593. The quantitative estimate of drug-likeness (QED) is 0.0962. The minimum atomic E-state index is -0.920. The highest BCUT2D eigenvalue weighted by atomic mass is 35.5. The van der Waals surface area contributed by atoms with Gasteiger partial charge in [-0.25, -0.2) is 15.0 Å². The second-order valence-corrected chi connectivity index (χ2v) is 23.5. The Labute approximate surface area is 450 Å². The number of piperidine rings is 2. The number of amides is 4. The van der Waals surface area contributed by atoms with Gasteiger partial charge in [0.15, 0.2) is 5.82 Å². The molecule has 4 saturated heterocycles. The van der Waals surface area contributed by atoms with Crippen molar-refractivity contribution >= 4 is 58.6 Å². The van der Waals surface area contributed by atoms with Crippen LogP contribution in [0.3, 0.4) is 0 Å². The Morgan fingerprint density at radius 2 is 1.61 bits per heavy atom. The van der Waals surface area contributed by atoms with Crippen LogP contribution < -0.4 is 26.2 Å². The fourth-order valence-corrected chi connectivity index (χ4v) is 12.0. The largest absolute Gasteiger partial charge is 0.391 e. The second kappa shape index (κ2) is 24.3. The highest BCUT2D eigenvalue weighted by Crippen LogP contribution is 2.40. The smallest absolute Gasteiger partial charge is 0.246 e. The van der Waals surface area contributed by atoms with Crippen LogP contribution in [0.2, 0.25) is 5.02 Å². The molecule has 4 aliphatic rings. The minimum Gasteiger partial charge on any atom is -0.391 e. The van der Waals surface area contributed by atoms with Gasteiger partial charge in [-0.2, -0.15) is 5.10 Å². The van der Waals surface area contributed by atoms with Crippen molar-refractivity contribution < 1.29 is 29.4 Å². The number of anilines is 2. The molecule has 21 heteroatoms. The maximum Gasteiger partial charge on any atom is 0.246 e. The molecule has 4 fully saturated rings. The lowest BCUT2D eigenvalue weighted by Gasteiger charge is -2.39. The van der Waals surface area contributed by atoms with Gasteiger partial charge in [-0.05, 0) is 79.7 Å². The van der Waals surface area contributed by atoms with Crippen LogP contribution in [0.5, 0.6) is 0 Å². The van der Waals surface area contributed by atoms with Crippen LogP contribution in [0.25, 0.3) is 11.3 Å². The Kier molecular flexibility index (Phi) is 18.1. The van der Waals surface area contributed by atoms with Crippen LogP contribution in [0.15, 0.2) is 64.9 Å². The van der Waals surface area contributed by atoms with Crippen LogP contribution in [-0.2, 0) is 32.3 Å². The van der Waals surface area contributed by atoms with E-state index in [1.165, 1.54) is 23.6 Å². The Balaban J connectivity index is 0.861. The zero-order valence-corrected chi connectivity index (χ0v) is 46.0. The number of hydrogen-bond donors (Lipinski definition) is 5. The molecule has 3 aromatic heterocycles. The van der Waals surface area contributed by atoms with Gasteiger partial charge in [0.1, 0.15) is 28.6 Å². The number of nitrogens with zero attached hydrogens (tertiary/aromatic N) is 10. The zero-order chi connectivity index (χ0) is 53.6. The van der Waals surface area contributed by atoms with Gasteiger partial charge in [0.05, 0.1) is 35.7 Å². The molecule has 4 aliphatic heterocycles. The number of nitrogens with two attached hydrogens (primary N) is 1. The van der Waals surface area contributed by atoms with Crippen molar-refractivity contribution in [1.82, 2.24) is 50.1 Å². The van der Waals surface area contributed by atoms with Crippen molar-refractivity contribution in [2.75, 3.05) is 81.8 Å². The van der Waals surface area contributed by atoms with Crippen molar-refractivity contribution in [2.24, 2.45) is 22.5 Å². The van der Waals surface area contributed by atoms with Crippen molar-refractivity contribution in [1.29, 1.82) is 0 Å². The maximum atomic E-state index is 14.3. The summed E-state index contributed by atoms with van der Waals surface area (Å²) in [6, 6.07) is 9.71.